The predicted molar refractivity (Wildman–Crippen MR) is 72.2 cm³/mol. The van der Waals surface area contributed by atoms with Crippen molar-refractivity contribution in [2.75, 3.05) is 11.9 Å². The van der Waals surface area contributed by atoms with Gasteiger partial charge in [0.15, 0.2) is 0 Å². The predicted octanol–water partition coefficient (Wildman–Crippen LogP) is 2.27. The van der Waals surface area contributed by atoms with Crippen LogP contribution in [-0.4, -0.2) is 22.7 Å². The first kappa shape index (κ1) is 13.1. The molecule has 1 aromatic carbocycles. The van der Waals surface area contributed by atoms with Gasteiger partial charge in [0.2, 0.25) is 5.95 Å². The van der Waals surface area contributed by atoms with Gasteiger partial charge in [-0.25, -0.2) is 9.78 Å². The maximum Gasteiger partial charge on any atom is 0.413 e. The monoisotopic (exact) mass is 261 g/mol. The second-order valence-electron chi connectivity index (χ2n) is 4.05. The first-order valence-corrected chi connectivity index (χ1v) is 6.13. The molecule has 6 heteroatoms. The zero-order valence-electron chi connectivity index (χ0n) is 10.6. The fourth-order valence-corrected chi connectivity index (χ4v) is 1.59. The van der Waals surface area contributed by atoms with Gasteiger partial charge in [-0.15, -0.1) is 0 Å². The van der Waals surface area contributed by atoms with E-state index in [0.717, 1.165) is 12.8 Å². The van der Waals surface area contributed by atoms with Crippen molar-refractivity contribution in [3.05, 3.63) is 34.6 Å². The van der Waals surface area contributed by atoms with E-state index in [9.17, 15) is 9.59 Å². The summed E-state index contributed by atoms with van der Waals surface area (Å²) in [5.74, 6) is 0.0881. The molecule has 19 heavy (non-hydrogen) atoms. The molecule has 1 heterocycles. The SMILES string of the molecule is CCCCOC(=O)Nc1nc2ccccc2c(=O)[nH]1. The average molecular weight is 261 g/mol. The van der Waals surface area contributed by atoms with Crippen LogP contribution in [0.1, 0.15) is 19.8 Å². The summed E-state index contributed by atoms with van der Waals surface area (Å²) in [5, 5.41) is 2.89. The van der Waals surface area contributed by atoms with Gasteiger partial charge in [-0.3, -0.25) is 15.1 Å². The van der Waals surface area contributed by atoms with E-state index < -0.39 is 6.09 Å². The number of hydrogen-bond acceptors (Lipinski definition) is 4. The van der Waals surface area contributed by atoms with Crippen molar-refractivity contribution in [3.63, 3.8) is 0 Å². The van der Waals surface area contributed by atoms with Crippen LogP contribution in [-0.2, 0) is 4.74 Å². The van der Waals surface area contributed by atoms with E-state index in [4.69, 9.17) is 4.74 Å². The number of para-hydroxylation sites is 1. The third-order valence-electron chi connectivity index (χ3n) is 2.56. The van der Waals surface area contributed by atoms with Gasteiger partial charge < -0.3 is 4.74 Å². The smallest absolute Gasteiger partial charge is 0.413 e. The Morgan fingerprint density at radius 2 is 2.21 bits per heavy atom. The molecular formula is C13H15N3O3. The molecular weight excluding hydrogens is 246 g/mol. The highest BCUT2D eigenvalue weighted by Crippen LogP contribution is 2.07. The van der Waals surface area contributed by atoms with Gasteiger partial charge in [0, 0.05) is 0 Å². The number of rotatable bonds is 4. The zero-order valence-corrected chi connectivity index (χ0v) is 10.6. The van der Waals surface area contributed by atoms with Crippen molar-refractivity contribution < 1.29 is 9.53 Å². The first-order valence-electron chi connectivity index (χ1n) is 6.13. The number of carbonyl (C=O) groups excluding carboxylic acids is 1. The number of hydrogen-bond donors (Lipinski definition) is 2. The summed E-state index contributed by atoms with van der Waals surface area (Å²) in [5.41, 5.74) is 0.226. The van der Waals surface area contributed by atoms with Gasteiger partial charge in [-0.2, -0.15) is 0 Å². The van der Waals surface area contributed by atoms with Crippen LogP contribution in [0, 0.1) is 0 Å². The summed E-state index contributed by atoms with van der Waals surface area (Å²) < 4.78 is 4.93. The van der Waals surface area contributed by atoms with E-state index in [2.05, 4.69) is 15.3 Å². The van der Waals surface area contributed by atoms with Crippen LogP contribution in [0.5, 0.6) is 0 Å². The lowest BCUT2D eigenvalue weighted by molar-refractivity contribution is 0.159. The molecule has 0 saturated heterocycles. The number of carbonyl (C=O) groups is 1. The zero-order chi connectivity index (χ0) is 13.7. The van der Waals surface area contributed by atoms with Crippen LogP contribution < -0.4 is 10.9 Å². The van der Waals surface area contributed by atoms with Gasteiger partial charge in [0.05, 0.1) is 17.5 Å². The van der Waals surface area contributed by atoms with Gasteiger partial charge in [-0.05, 0) is 18.6 Å². The fraction of sp³-hybridized carbons (Fsp3) is 0.308. The third kappa shape index (κ3) is 3.31. The molecule has 0 spiro atoms. The number of ether oxygens (including phenoxy) is 1. The Balaban J connectivity index is 2.13. The van der Waals surface area contributed by atoms with Crippen molar-refractivity contribution in [1.29, 1.82) is 0 Å². The summed E-state index contributed by atoms with van der Waals surface area (Å²) in [6.45, 7) is 2.35. The third-order valence-corrected chi connectivity index (χ3v) is 2.56. The Labute approximate surface area is 109 Å². The minimum Gasteiger partial charge on any atom is -0.449 e. The molecule has 1 aromatic heterocycles. The van der Waals surface area contributed by atoms with Crippen LogP contribution >= 0.6 is 0 Å². The Morgan fingerprint density at radius 3 is 3.00 bits per heavy atom. The number of aromatic nitrogens is 2. The van der Waals surface area contributed by atoms with Crippen molar-refractivity contribution >= 4 is 22.9 Å². The average Bonchev–Trinajstić information content (AvgIpc) is 2.39. The molecule has 0 fully saturated rings. The second kappa shape index (κ2) is 5.99. The fourth-order valence-electron chi connectivity index (χ4n) is 1.59. The van der Waals surface area contributed by atoms with Gasteiger partial charge in [-0.1, -0.05) is 25.5 Å². The van der Waals surface area contributed by atoms with Crippen LogP contribution in [0.3, 0.4) is 0 Å². The number of nitrogens with zero attached hydrogens (tertiary/aromatic N) is 1. The highest BCUT2D eigenvalue weighted by atomic mass is 16.5. The molecule has 0 radical (unpaired) electrons. The molecule has 2 aromatic rings. The molecule has 2 N–H and O–H groups in total. The van der Waals surface area contributed by atoms with Crippen molar-refractivity contribution in [2.45, 2.75) is 19.8 Å². The number of aromatic amines is 1. The maximum atomic E-state index is 11.8. The number of fused-ring (bicyclic) bond motifs is 1. The van der Waals surface area contributed by atoms with Crippen molar-refractivity contribution in [1.82, 2.24) is 9.97 Å². The maximum absolute atomic E-state index is 11.8. The molecule has 2 rings (SSSR count). The van der Waals surface area contributed by atoms with E-state index >= 15 is 0 Å². The lowest BCUT2D eigenvalue weighted by Crippen LogP contribution is -2.19. The molecule has 0 aliphatic carbocycles. The molecule has 0 bridgehead atoms. The lowest BCUT2D eigenvalue weighted by atomic mass is 10.2. The van der Waals surface area contributed by atoms with Crippen molar-refractivity contribution in [2.24, 2.45) is 0 Å². The molecule has 0 aliphatic rings. The quantitative estimate of drug-likeness (QED) is 0.827. The highest BCUT2D eigenvalue weighted by Gasteiger charge is 2.07. The summed E-state index contributed by atoms with van der Waals surface area (Å²) in [6, 6.07) is 6.91. The summed E-state index contributed by atoms with van der Waals surface area (Å²) in [7, 11) is 0. The molecule has 1 amide bonds. The first-order chi connectivity index (χ1) is 9.20. The summed E-state index contributed by atoms with van der Waals surface area (Å²) >= 11 is 0. The molecule has 0 unspecified atom stereocenters. The van der Waals surface area contributed by atoms with E-state index in [1.807, 2.05) is 6.92 Å². The van der Waals surface area contributed by atoms with Gasteiger partial charge >= 0.3 is 6.09 Å². The summed E-state index contributed by atoms with van der Waals surface area (Å²) in [4.78, 5) is 29.8. The lowest BCUT2D eigenvalue weighted by Gasteiger charge is -2.06. The van der Waals surface area contributed by atoms with Crippen LogP contribution in [0.15, 0.2) is 29.1 Å². The molecule has 0 aliphatic heterocycles. The number of unbranched alkanes of at least 4 members (excludes halogenated alkanes) is 1. The second-order valence-corrected chi connectivity index (χ2v) is 4.05. The molecule has 0 atom stereocenters. The number of amides is 1. The number of anilines is 1. The molecule has 6 nitrogen and oxygen atoms in total. The topological polar surface area (TPSA) is 84.1 Å². The van der Waals surface area contributed by atoms with Crippen LogP contribution in [0.25, 0.3) is 10.9 Å². The van der Waals surface area contributed by atoms with E-state index in [1.54, 1.807) is 24.3 Å². The summed E-state index contributed by atoms with van der Waals surface area (Å²) in [6.07, 6.45) is 1.12. The molecule has 100 valence electrons. The number of nitrogens with one attached hydrogen (secondary N) is 2. The number of H-pyrrole nitrogens is 1. The minimum atomic E-state index is -0.619. The Hall–Kier alpha value is -2.37. The van der Waals surface area contributed by atoms with Crippen LogP contribution in [0.2, 0.25) is 0 Å². The van der Waals surface area contributed by atoms with Gasteiger partial charge in [0.25, 0.3) is 5.56 Å². The van der Waals surface area contributed by atoms with E-state index in [-0.39, 0.29) is 11.5 Å². The van der Waals surface area contributed by atoms with Crippen molar-refractivity contribution in [3.8, 4) is 0 Å². The Morgan fingerprint density at radius 1 is 1.42 bits per heavy atom. The van der Waals surface area contributed by atoms with E-state index in [1.165, 1.54) is 0 Å². The Kier molecular flexibility index (Phi) is 4.12. The standard InChI is InChI=1S/C13H15N3O3/c1-2-3-8-19-13(18)16-12-14-10-7-5-4-6-9(10)11(17)15-12/h4-7H,2-3,8H2,1H3,(H2,14,15,16,17,18). The largest absolute Gasteiger partial charge is 0.449 e. The van der Waals surface area contributed by atoms with Crippen LogP contribution in [0.4, 0.5) is 10.7 Å². The number of benzene rings is 1. The molecule has 0 saturated carbocycles. The minimum absolute atomic E-state index is 0.0881. The van der Waals surface area contributed by atoms with E-state index in [0.29, 0.717) is 17.5 Å². The Bertz CT molecular complexity index is 636. The normalized spacial score (nSPS) is 10.4. The highest BCUT2D eigenvalue weighted by molar-refractivity contribution is 5.84. The van der Waals surface area contributed by atoms with Gasteiger partial charge in [0.1, 0.15) is 0 Å².